The van der Waals surface area contributed by atoms with Gasteiger partial charge in [0.15, 0.2) is 5.82 Å². The standard InChI is InChI=1S/C24H25N5O3/c1-16-5-3-6-18(15-16)27-24(30)26-17-9-11-19(12-10-17)29-22-20(23(25)28-29)7-4-8-21(22)32-14-13-31-2/h3-12,15H,13-14H2,1-2H3,(H2,25,28)(H2,26,27,30). The maximum absolute atomic E-state index is 12.3. The summed E-state index contributed by atoms with van der Waals surface area (Å²) in [5.74, 6) is 1.08. The SMILES string of the molecule is COCCOc1cccc2c(N)nn(-c3ccc(NC(=O)Nc4cccc(C)c4)cc3)c12. The van der Waals surface area contributed by atoms with Crippen molar-refractivity contribution in [3.8, 4) is 11.4 Å². The number of urea groups is 1. The highest BCUT2D eigenvalue weighted by atomic mass is 16.5. The summed E-state index contributed by atoms with van der Waals surface area (Å²) in [7, 11) is 1.63. The van der Waals surface area contributed by atoms with Crippen LogP contribution in [-0.2, 0) is 4.74 Å². The Morgan fingerprint density at radius 2 is 1.75 bits per heavy atom. The van der Waals surface area contributed by atoms with Gasteiger partial charge in [0.25, 0.3) is 0 Å². The highest BCUT2D eigenvalue weighted by Crippen LogP contribution is 2.32. The lowest BCUT2D eigenvalue weighted by atomic mass is 10.2. The molecule has 0 aliphatic rings. The van der Waals surface area contributed by atoms with E-state index < -0.39 is 0 Å². The Balaban J connectivity index is 1.54. The van der Waals surface area contributed by atoms with E-state index in [1.807, 2.05) is 73.7 Å². The van der Waals surface area contributed by atoms with Gasteiger partial charge in [-0.3, -0.25) is 0 Å². The van der Waals surface area contributed by atoms with Gasteiger partial charge >= 0.3 is 6.03 Å². The number of hydrogen-bond acceptors (Lipinski definition) is 5. The molecule has 4 rings (SSSR count). The lowest BCUT2D eigenvalue weighted by Gasteiger charge is -2.11. The van der Waals surface area contributed by atoms with Crippen LogP contribution in [0.1, 0.15) is 5.56 Å². The Morgan fingerprint density at radius 1 is 1.00 bits per heavy atom. The van der Waals surface area contributed by atoms with E-state index in [-0.39, 0.29) is 6.03 Å². The summed E-state index contributed by atoms with van der Waals surface area (Å²) in [6, 6.07) is 20.3. The van der Waals surface area contributed by atoms with E-state index in [2.05, 4.69) is 15.7 Å². The predicted molar refractivity (Wildman–Crippen MR) is 127 cm³/mol. The van der Waals surface area contributed by atoms with Crippen LogP contribution in [0.5, 0.6) is 5.75 Å². The Kier molecular flexibility index (Phi) is 6.23. The third-order valence-corrected chi connectivity index (χ3v) is 4.89. The molecule has 1 aromatic heterocycles. The molecule has 0 bridgehead atoms. The molecule has 3 aromatic carbocycles. The Hall–Kier alpha value is -4.04. The molecule has 1 heterocycles. The average Bonchev–Trinajstić information content (AvgIpc) is 3.12. The van der Waals surface area contributed by atoms with E-state index in [4.69, 9.17) is 15.2 Å². The maximum atomic E-state index is 12.3. The number of hydrogen-bond donors (Lipinski definition) is 3. The van der Waals surface area contributed by atoms with E-state index in [9.17, 15) is 4.79 Å². The van der Waals surface area contributed by atoms with E-state index in [1.54, 1.807) is 11.8 Å². The van der Waals surface area contributed by atoms with Gasteiger partial charge in [-0.1, -0.05) is 18.2 Å². The second kappa shape index (κ2) is 9.40. The van der Waals surface area contributed by atoms with Crippen LogP contribution in [0.2, 0.25) is 0 Å². The second-order valence-corrected chi connectivity index (χ2v) is 7.29. The average molecular weight is 431 g/mol. The molecule has 4 N–H and O–H groups in total. The van der Waals surface area contributed by atoms with Gasteiger partial charge < -0.3 is 25.8 Å². The number of carbonyl (C=O) groups is 1. The van der Waals surface area contributed by atoms with Crippen molar-refractivity contribution in [1.82, 2.24) is 9.78 Å². The van der Waals surface area contributed by atoms with Crippen molar-refractivity contribution in [2.75, 3.05) is 36.7 Å². The molecule has 4 aromatic rings. The number of amides is 2. The van der Waals surface area contributed by atoms with Crippen LogP contribution in [0, 0.1) is 6.92 Å². The number of benzene rings is 3. The predicted octanol–water partition coefficient (Wildman–Crippen LogP) is 4.59. The first-order valence-electron chi connectivity index (χ1n) is 10.2. The molecule has 0 aliphatic carbocycles. The summed E-state index contributed by atoms with van der Waals surface area (Å²) in [6.45, 7) is 2.87. The number of fused-ring (bicyclic) bond motifs is 1. The number of para-hydroxylation sites is 1. The van der Waals surface area contributed by atoms with Gasteiger partial charge in [0.05, 0.1) is 12.3 Å². The van der Waals surface area contributed by atoms with Gasteiger partial charge in [0.1, 0.15) is 17.9 Å². The molecule has 164 valence electrons. The number of nitrogens with one attached hydrogen (secondary N) is 2. The van der Waals surface area contributed by atoms with Crippen LogP contribution in [0.4, 0.5) is 22.0 Å². The summed E-state index contributed by atoms with van der Waals surface area (Å²) in [6.07, 6.45) is 0. The number of nitrogens with zero attached hydrogens (tertiary/aromatic N) is 2. The molecule has 0 unspecified atom stereocenters. The number of carbonyl (C=O) groups excluding carboxylic acids is 1. The van der Waals surface area contributed by atoms with Crippen molar-refractivity contribution >= 4 is 34.1 Å². The molecule has 32 heavy (non-hydrogen) atoms. The van der Waals surface area contributed by atoms with Crippen molar-refractivity contribution in [2.45, 2.75) is 6.92 Å². The number of rotatable bonds is 7. The van der Waals surface area contributed by atoms with Crippen molar-refractivity contribution in [3.05, 3.63) is 72.3 Å². The van der Waals surface area contributed by atoms with Crippen molar-refractivity contribution < 1.29 is 14.3 Å². The smallest absolute Gasteiger partial charge is 0.323 e. The monoisotopic (exact) mass is 431 g/mol. The molecular weight excluding hydrogens is 406 g/mol. The Labute approximate surface area is 185 Å². The molecule has 0 aliphatic heterocycles. The van der Waals surface area contributed by atoms with E-state index in [0.29, 0.717) is 30.5 Å². The Morgan fingerprint density at radius 3 is 2.50 bits per heavy atom. The summed E-state index contributed by atoms with van der Waals surface area (Å²) in [5.41, 5.74) is 10.2. The van der Waals surface area contributed by atoms with Crippen LogP contribution in [0.15, 0.2) is 66.7 Å². The molecule has 0 radical (unpaired) electrons. The highest BCUT2D eigenvalue weighted by Gasteiger charge is 2.15. The molecular formula is C24H25N5O3. The number of anilines is 3. The Bertz CT molecular complexity index is 1230. The van der Waals surface area contributed by atoms with Crippen molar-refractivity contribution in [1.29, 1.82) is 0 Å². The molecule has 0 saturated carbocycles. The lowest BCUT2D eigenvalue weighted by Crippen LogP contribution is -2.19. The van der Waals surface area contributed by atoms with Crippen LogP contribution < -0.4 is 21.1 Å². The number of methoxy groups -OCH3 is 1. The van der Waals surface area contributed by atoms with Crippen molar-refractivity contribution in [2.24, 2.45) is 0 Å². The largest absolute Gasteiger partial charge is 0.489 e. The number of aromatic nitrogens is 2. The zero-order valence-corrected chi connectivity index (χ0v) is 18.0. The van der Waals surface area contributed by atoms with Crippen LogP contribution in [0.3, 0.4) is 0 Å². The van der Waals surface area contributed by atoms with Gasteiger partial charge in [0.2, 0.25) is 0 Å². The van der Waals surface area contributed by atoms with Crippen LogP contribution in [-0.4, -0.2) is 36.1 Å². The molecule has 8 heteroatoms. The minimum atomic E-state index is -0.314. The fourth-order valence-corrected chi connectivity index (χ4v) is 3.40. The van der Waals surface area contributed by atoms with E-state index >= 15 is 0 Å². The number of nitrogens with two attached hydrogens (primary N) is 1. The third-order valence-electron chi connectivity index (χ3n) is 4.89. The maximum Gasteiger partial charge on any atom is 0.323 e. The fourth-order valence-electron chi connectivity index (χ4n) is 3.40. The minimum Gasteiger partial charge on any atom is -0.489 e. The minimum absolute atomic E-state index is 0.314. The lowest BCUT2D eigenvalue weighted by molar-refractivity contribution is 0.147. The second-order valence-electron chi connectivity index (χ2n) is 7.29. The van der Waals surface area contributed by atoms with Crippen molar-refractivity contribution in [3.63, 3.8) is 0 Å². The van der Waals surface area contributed by atoms with E-state index in [1.165, 1.54) is 0 Å². The fraction of sp³-hybridized carbons (Fsp3) is 0.167. The third kappa shape index (κ3) is 4.65. The number of nitrogen functional groups attached to an aromatic ring is 1. The molecule has 8 nitrogen and oxygen atoms in total. The molecule has 0 spiro atoms. The van der Waals surface area contributed by atoms with E-state index in [0.717, 1.165) is 27.8 Å². The first-order chi connectivity index (χ1) is 15.5. The molecule has 0 saturated heterocycles. The summed E-state index contributed by atoms with van der Waals surface area (Å²) < 4.78 is 12.7. The first-order valence-corrected chi connectivity index (χ1v) is 10.2. The number of aryl methyl sites for hydroxylation is 1. The summed E-state index contributed by atoms with van der Waals surface area (Å²) in [5, 5.41) is 11.0. The summed E-state index contributed by atoms with van der Waals surface area (Å²) >= 11 is 0. The van der Waals surface area contributed by atoms with Gasteiger partial charge in [0, 0.05) is 23.9 Å². The normalized spacial score (nSPS) is 10.8. The molecule has 0 fully saturated rings. The van der Waals surface area contributed by atoms with Crippen LogP contribution in [0.25, 0.3) is 16.6 Å². The summed E-state index contributed by atoms with van der Waals surface area (Å²) in [4.78, 5) is 12.3. The van der Waals surface area contributed by atoms with Gasteiger partial charge in [-0.25, -0.2) is 9.48 Å². The zero-order chi connectivity index (χ0) is 22.5. The van der Waals surface area contributed by atoms with Gasteiger partial charge in [-0.15, -0.1) is 5.10 Å². The molecule has 0 atom stereocenters. The number of ether oxygens (including phenoxy) is 2. The zero-order valence-electron chi connectivity index (χ0n) is 18.0. The van der Waals surface area contributed by atoms with Gasteiger partial charge in [-0.05, 0) is 61.0 Å². The van der Waals surface area contributed by atoms with Gasteiger partial charge in [-0.2, -0.15) is 0 Å². The highest BCUT2D eigenvalue weighted by molar-refractivity contribution is 6.00. The first kappa shape index (κ1) is 21.2. The van der Waals surface area contributed by atoms with Crippen LogP contribution >= 0.6 is 0 Å². The molecule has 2 amide bonds. The quantitative estimate of drug-likeness (QED) is 0.372. The topological polar surface area (TPSA) is 103 Å².